The molecule has 1 fully saturated rings. The van der Waals surface area contributed by atoms with E-state index in [0.29, 0.717) is 18.6 Å². The minimum atomic E-state index is -0.266. The molecule has 0 amide bonds. The fraction of sp³-hybridized carbons (Fsp3) is 0.692. The van der Waals surface area contributed by atoms with Crippen molar-refractivity contribution in [1.82, 2.24) is 19.4 Å². The SMILES string of the molecule is CC1CNCC(C)N1Cc1cc(=O)n(C)c(=O)n1C. The molecule has 0 radical (unpaired) electrons. The van der Waals surface area contributed by atoms with E-state index in [2.05, 4.69) is 24.1 Å². The van der Waals surface area contributed by atoms with Gasteiger partial charge in [0.15, 0.2) is 0 Å². The Labute approximate surface area is 112 Å². The predicted octanol–water partition coefficient (Wildman–Crippen LogP) is -0.734. The Morgan fingerprint density at radius 1 is 1.16 bits per heavy atom. The minimum Gasteiger partial charge on any atom is -0.314 e. The van der Waals surface area contributed by atoms with Gasteiger partial charge in [-0.25, -0.2) is 4.79 Å². The zero-order valence-corrected chi connectivity index (χ0v) is 12.0. The molecule has 1 aliphatic heterocycles. The van der Waals surface area contributed by atoms with Crippen LogP contribution >= 0.6 is 0 Å². The van der Waals surface area contributed by atoms with Gasteiger partial charge in [-0.15, -0.1) is 0 Å². The summed E-state index contributed by atoms with van der Waals surface area (Å²) < 4.78 is 2.69. The Morgan fingerprint density at radius 3 is 2.32 bits per heavy atom. The maximum Gasteiger partial charge on any atom is 0.330 e. The highest BCUT2D eigenvalue weighted by molar-refractivity contribution is 5.03. The van der Waals surface area contributed by atoms with Crippen LogP contribution in [0.1, 0.15) is 19.5 Å². The second-order valence-corrected chi connectivity index (χ2v) is 5.40. The monoisotopic (exact) mass is 266 g/mol. The number of nitrogens with one attached hydrogen (secondary N) is 1. The lowest BCUT2D eigenvalue weighted by atomic mass is 10.1. The summed E-state index contributed by atoms with van der Waals surface area (Å²) in [6.07, 6.45) is 0. The highest BCUT2D eigenvalue weighted by Crippen LogP contribution is 2.13. The van der Waals surface area contributed by atoms with Crippen LogP contribution in [0, 0.1) is 0 Å². The Morgan fingerprint density at radius 2 is 1.74 bits per heavy atom. The van der Waals surface area contributed by atoms with Gasteiger partial charge in [0.2, 0.25) is 0 Å². The van der Waals surface area contributed by atoms with Crippen LogP contribution in [0.15, 0.2) is 15.7 Å². The number of hydrogen-bond acceptors (Lipinski definition) is 4. The van der Waals surface area contributed by atoms with E-state index in [-0.39, 0.29) is 11.2 Å². The zero-order chi connectivity index (χ0) is 14.2. The van der Waals surface area contributed by atoms with E-state index < -0.39 is 0 Å². The third-order valence-electron chi connectivity index (χ3n) is 3.98. The minimum absolute atomic E-state index is 0.242. The van der Waals surface area contributed by atoms with Gasteiger partial charge in [0, 0.05) is 57.6 Å². The Hall–Kier alpha value is -1.40. The first kappa shape index (κ1) is 14.0. The van der Waals surface area contributed by atoms with Crippen molar-refractivity contribution in [3.63, 3.8) is 0 Å². The smallest absolute Gasteiger partial charge is 0.314 e. The fourth-order valence-corrected chi connectivity index (χ4v) is 2.60. The first-order chi connectivity index (χ1) is 8.91. The molecular formula is C13H22N4O2. The molecule has 0 saturated carbocycles. The summed E-state index contributed by atoms with van der Waals surface area (Å²) in [6.45, 7) is 6.81. The van der Waals surface area contributed by atoms with Crippen LogP contribution in [-0.2, 0) is 20.6 Å². The van der Waals surface area contributed by atoms with Gasteiger partial charge in [-0.3, -0.25) is 18.8 Å². The average molecular weight is 266 g/mol. The van der Waals surface area contributed by atoms with Crippen LogP contribution in [0.3, 0.4) is 0 Å². The molecule has 2 unspecified atom stereocenters. The summed E-state index contributed by atoms with van der Waals surface area (Å²) >= 11 is 0. The number of piperazine rings is 1. The van der Waals surface area contributed by atoms with Crippen LogP contribution in [0.5, 0.6) is 0 Å². The van der Waals surface area contributed by atoms with Gasteiger partial charge >= 0.3 is 5.69 Å². The number of rotatable bonds is 2. The molecule has 1 aromatic heterocycles. The lowest BCUT2D eigenvalue weighted by Crippen LogP contribution is -2.55. The van der Waals surface area contributed by atoms with Crippen molar-refractivity contribution in [2.24, 2.45) is 14.1 Å². The highest BCUT2D eigenvalue weighted by Gasteiger charge is 2.25. The highest BCUT2D eigenvalue weighted by atomic mass is 16.2. The summed E-state index contributed by atoms with van der Waals surface area (Å²) in [6, 6.07) is 2.34. The quantitative estimate of drug-likeness (QED) is 0.766. The van der Waals surface area contributed by atoms with Gasteiger partial charge in [-0.05, 0) is 13.8 Å². The van der Waals surface area contributed by atoms with Gasteiger partial charge in [0.1, 0.15) is 0 Å². The van der Waals surface area contributed by atoms with E-state index in [1.165, 1.54) is 7.05 Å². The summed E-state index contributed by atoms with van der Waals surface area (Å²) in [5.74, 6) is 0. The van der Waals surface area contributed by atoms with E-state index in [9.17, 15) is 9.59 Å². The molecule has 19 heavy (non-hydrogen) atoms. The molecule has 0 aliphatic carbocycles. The predicted molar refractivity (Wildman–Crippen MR) is 74.3 cm³/mol. The van der Waals surface area contributed by atoms with Crippen molar-refractivity contribution in [2.45, 2.75) is 32.5 Å². The van der Waals surface area contributed by atoms with Crippen molar-refractivity contribution >= 4 is 0 Å². The summed E-state index contributed by atoms with van der Waals surface area (Å²) in [5.41, 5.74) is 0.264. The molecule has 2 heterocycles. The summed E-state index contributed by atoms with van der Waals surface area (Å²) in [5, 5.41) is 3.37. The van der Waals surface area contributed by atoms with Crippen LogP contribution in [-0.4, -0.2) is 39.2 Å². The first-order valence-corrected chi connectivity index (χ1v) is 6.64. The third kappa shape index (κ3) is 2.64. The van der Waals surface area contributed by atoms with Gasteiger partial charge in [0.25, 0.3) is 5.56 Å². The molecule has 106 valence electrons. The molecule has 0 spiro atoms. The maximum atomic E-state index is 11.9. The second-order valence-electron chi connectivity index (χ2n) is 5.40. The molecule has 6 heteroatoms. The van der Waals surface area contributed by atoms with Gasteiger partial charge < -0.3 is 5.32 Å². The average Bonchev–Trinajstić information content (AvgIpc) is 2.37. The Balaban J connectivity index is 2.33. The molecule has 1 N–H and O–H groups in total. The summed E-state index contributed by atoms with van der Waals surface area (Å²) in [4.78, 5) is 26.0. The van der Waals surface area contributed by atoms with E-state index in [4.69, 9.17) is 0 Å². The molecule has 0 aromatic carbocycles. The second kappa shape index (κ2) is 5.30. The largest absolute Gasteiger partial charge is 0.330 e. The number of hydrogen-bond donors (Lipinski definition) is 1. The van der Waals surface area contributed by atoms with Crippen molar-refractivity contribution in [1.29, 1.82) is 0 Å². The molecule has 1 aromatic rings. The molecule has 0 bridgehead atoms. The first-order valence-electron chi connectivity index (χ1n) is 6.64. The van der Waals surface area contributed by atoms with Crippen molar-refractivity contribution in [2.75, 3.05) is 13.1 Å². The van der Waals surface area contributed by atoms with Crippen LogP contribution < -0.4 is 16.6 Å². The third-order valence-corrected chi connectivity index (χ3v) is 3.98. The molecule has 6 nitrogen and oxygen atoms in total. The Bertz CT molecular complexity index is 565. The van der Waals surface area contributed by atoms with Crippen molar-refractivity contribution in [3.8, 4) is 0 Å². The van der Waals surface area contributed by atoms with Gasteiger partial charge in [-0.2, -0.15) is 0 Å². The van der Waals surface area contributed by atoms with E-state index in [0.717, 1.165) is 23.4 Å². The van der Waals surface area contributed by atoms with Crippen molar-refractivity contribution < 1.29 is 0 Å². The Kier molecular flexibility index (Phi) is 3.91. The normalized spacial score (nSPS) is 24.6. The lowest BCUT2D eigenvalue weighted by molar-refractivity contribution is 0.105. The molecule has 1 saturated heterocycles. The van der Waals surface area contributed by atoms with Crippen LogP contribution in [0.4, 0.5) is 0 Å². The molecular weight excluding hydrogens is 244 g/mol. The van der Waals surface area contributed by atoms with E-state index in [1.54, 1.807) is 17.7 Å². The topological polar surface area (TPSA) is 59.3 Å². The molecule has 2 atom stereocenters. The zero-order valence-electron chi connectivity index (χ0n) is 12.0. The van der Waals surface area contributed by atoms with Crippen LogP contribution in [0.25, 0.3) is 0 Å². The van der Waals surface area contributed by atoms with Crippen LogP contribution in [0.2, 0.25) is 0 Å². The molecule has 1 aliphatic rings. The van der Waals surface area contributed by atoms with E-state index >= 15 is 0 Å². The van der Waals surface area contributed by atoms with Gasteiger partial charge in [-0.1, -0.05) is 0 Å². The van der Waals surface area contributed by atoms with Crippen molar-refractivity contribution in [3.05, 3.63) is 32.6 Å². The molecule has 2 rings (SSSR count). The number of aromatic nitrogens is 2. The maximum absolute atomic E-state index is 11.9. The number of nitrogens with zero attached hydrogens (tertiary/aromatic N) is 3. The summed E-state index contributed by atoms with van der Waals surface area (Å²) in [7, 11) is 3.22. The van der Waals surface area contributed by atoms with E-state index in [1.807, 2.05) is 0 Å². The fourth-order valence-electron chi connectivity index (χ4n) is 2.60. The standard InChI is InChI=1S/C13H22N4O2/c1-9-6-14-7-10(2)17(9)8-11-5-12(18)16(4)13(19)15(11)3/h5,9-10,14H,6-8H2,1-4H3. The lowest BCUT2D eigenvalue weighted by Gasteiger charge is -2.39. The van der Waals surface area contributed by atoms with Gasteiger partial charge in [0.05, 0.1) is 0 Å².